The fourth-order valence-electron chi connectivity index (χ4n) is 9.88. The molecule has 0 rings (SSSR count). The van der Waals surface area contributed by atoms with Gasteiger partial charge in [0, 0.05) is 56.5 Å². The zero-order chi connectivity index (χ0) is 61.4. The molecule has 0 fully saturated rings. The molecular formula is C64H116N4O14S. The van der Waals surface area contributed by atoms with Crippen LogP contribution >= 0.6 is 11.8 Å². The first-order valence-corrected chi connectivity index (χ1v) is 34.0. The van der Waals surface area contributed by atoms with E-state index < -0.39 is 97.5 Å². The number of ether oxygens (including phenoxy) is 2. The number of hydrogen-bond acceptors (Lipinski definition) is 12. The molecule has 0 aliphatic heterocycles. The molecule has 3 atom stereocenters. The molecule has 0 aromatic carbocycles. The Hall–Kier alpha value is -4.42. The number of carboxylic acids is 3. The van der Waals surface area contributed by atoms with E-state index in [2.05, 4.69) is 42.0 Å². The molecule has 0 aromatic heterocycles. The minimum Gasteiger partial charge on any atom is -0.481 e. The Labute approximate surface area is 504 Å². The Kier molecular flexibility index (Phi) is 52.5. The predicted octanol–water partition coefficient (Wildman–Crippen LogP) is 13.6. The van der Waals surface area contributed by atoms with Crippen molar-refractivity contribution in [2.45, 2.75) is 328 Å². The summed E-state index contributed by atoms with van der Waals surface area (Å²) in [6, 6.07) is -1.59. The van der Waals surface area contributed by atoms with Crippen LogP contribution < -0.4 is 21.3 Å². The van der Waals surface area contributed by atoms with E-state index in [4.69, 9.17) is 14.6 Å². The van der Waals surface area contributed by atoms with Gasteiger partial charge >= 0.3 is 29.8 Å². The van der Waals surface area contributed by atoms with Crippen molar-refractivity contribution in [1.29, 1.82) is 0 Å². The lowest BCUT2D eigenvalue weighted by molar-refractivity contribution is -0.157. The van der Waals surface area contributed by atoms with Crippen LogP contribution in [0.2, 0.25) is 0 Å². The van der Waals surface area contributed by atoms with E-state index in [-0.39, 0.29) is 49.8 Å². The van der Waals surface area contributed by atoms with Gasteiger partial charge in [0.2, 0.25) is 17.7 Å². The van der Waals surface area contributed by atoms with Gasteiger partial charge in [-0.2, -0.15) is 11.8 Å². The largest absolute Gasteiger partial charge is 0.481 e. The summed E-state index contributed by atoms with van der Waals surface area (Å²) in [6.07, 6.45) is 39.0. The van der Waals surface area contributed by atoms with E-state index in [0.29, 0.717) is 19.3 Å². The second kappa shape index (κ2) is 55.5. The standard InChI is InChI=1S/C64H116N4O14S/c1-4-7-10-13-16-19-22-24-27-30-33-36-39-42-60(76)81-51-53(82-61(77)43-40-37-34-31-28-25-23-20-17-14-11-8-5-2)52-83-49-47-56(70)68-64(48-46-59(74)75,63(80)65-50-57(71)66-54(62(78)79)44-45-58(72)73)67-55(69)41-38-35-32-29-26-21-18-15-12-9-6-3/h53-54H,4-52H2,1-3H3,(H,65,80)(H,66,71)(H,67,69)(H,68,70)(H,72,73)(H,74,75)(H,78,79)/t53-,54-,64-/m1/s1. The molecule has 0 spiro atoms. The first kappa shape index (κ1) is 78.6. The lowest BCUT2D eigenvalue weighted by atomic mass is 10.0. The fourth-order valence-corrected chi connectivity index (χ4v) is 10.8. The average molecular weight is 1200 g/mol. The minimum absolute atomic E-state index is 0.0430. The highest BCUT2D eigenvalue weighted by Crippen LogP contribution is 2.19. The van der Waals surface area contributed by atoms with Crippen LogP contribution in [-0.4, -0.2) is 111 Å². The topological polar surface area (TPSA) is 281 Å². The smallest absolute Gasteiger partial charge is 0.326 e. The van der Waals surface area contributed by atoms with Crippen LogP contribution in [0.4, 0.5) is 0 Å². The van der Waals surface area contributed by atoms with Gasteiger partial charge in [0.05, 0.1) is 6.54 Å². The SMILES string of the molecule is CCCCCCCCCCCCCCCC(=O)OC[C@H](CSCCC(=O)N[C@@](CCC(=O)O)(NC(=O)CCCCCCCCCCCCC)C(=O)NCC(=O)N[C@H](CCC(=O)O)C(=O)O)OC(=O)CCCCCCCCCCCCCCC. The summed E-state index contributed by atoms with van der Waals surface area (Å²) >= 11 is 1.24. The van der Waals surface area contributed by atoms with Crippen molar-refractivity contribution in [3.05, 3.63) is 0 Å². The molecule has 0 aliphatic rings. The van der Waals surface area contributed by atoms with Crippen LogP contribution in [0.25, 0.3) is 0 Å². The third-order valence-electron chi connectivity index (χ3n) is 15.0. The number of hydrogen-bond donors (Lipinski definition) is 7. The lowest BCUT2D eigenvalue weighted by Gasteiger charge is -2.34. The quantitative estimate of drug-likeness (QED) is 0.0169. The molecule has 7 N–H and O–H groups in total. The minimum atomic E-state index is -2.35. The van der Waals surface area contributed by atoms with Crippen LogP contribution in [0.15, 0.2) is 0 Å². The van der Waals surface area contributed by atoms with Crippen molar-refractivity contribution in [2.75, 3.05) is 24.7 Å². The second-order valence-electron chi connectivity index (χ2n) is 22.9. The monoisotopic (exact) mass is 1200 g/mol. The normalized spacial score (nSPS) is 12.6. The summed E-state index contributed by atoms with van der Waals surface area (Å²) in [5.74, 6) is -8.17. The van der Waals surface area contributed by atoms with Gasteiger partial charge in [-0.3, -0.25) is 38.4 Å². The van der Waals surface area contributed by atoms with Crippen molar-refractivity contribution in [3.8, 4) is 0 Å². The van der Waals surface area contributed by atoms with Gasteiger partial charge in [-0.25, -0.2) is 4.79 Å². The van der Waals surface area contributed by atoms with Crippen LogP contribution in [-0.2, 0) is 52.6 Å². The molecule has 0 bridgehead atoms. The van der Waals surface area contributed by atoms with Gasteiger partial charge in [0.1, 0.15) is 18.8 Å². The first-order chi connectivity index (χ1) is 40.1. The van der Waals surface area contributed by atoms with Crippen molar-refractivity contribution >= 4 is 65.2 Å². The maximum Gasteiger partial charge on any atom is 0.326 e. The van der Waals surface area contributed by atoms with E-state index in [9.17, 15) is 53.4 Å². The first-order valence-electron chi connectivity index (χ1n) is 32.9. The Bertz CT molecular complexity index is 1740. The van der Waals surface area contributed by atoms with Gasteiger partial charge < -0.3 is 46.1 Å². The van der Waals surface area contributed by atoms with E-state index in [1.807, 2.05) is 0 Å². The number of rotatable bonds is 61. The number of aliphatic carboxylic acids is 3. The van der Waals surface area contributed by atoms with Gasteiger partial charge in [-0.15, -0.1) is 0 Å². The number of esters is 2. The molecule has 0 heterocycles. The van der Waals surface area contributed by atoms with Crippen molar-refractivity contribution in [2.24, 2.45) is 0 Å². The Morgan fingerprint density at radius 1 is 0.434 bits per heavy atom. The molecule has 0 aromatic rings. The third-order valence-corrected chi connectivity index (χ3v) is 16.1. The van der Waals surface area contributed by atoms with E-state index in [1.165, 1.54) is 159 Å². The van der Waals surface area contributed by atoms with Crippen molar-refractivity contribution < 1.29 is 67.9 Å². The lowest BCUT2D eigenvalue weighted by Crippen LogP contribution is -2.69. The van der Waals surface area contributed by atoms with E-state index in [1.54, 1.807) is 0 Å². The highest BCUT2D eigenvalue weighted by molar-refractivity contribution is 7.99. The maximum atomic E-state index is 14.1. The van der Waals surface area contributed by atoms with Crippen molar-refractivity contribution in [3.63, 3.8) is 0 Å². The molecule has 83 heavy (non-hydrogen) atoms. The molecule has 0 aliphatic carbocycles. The second-order valence-corrected chi connectivity index (χ2v) is 24.0. The van der Waals surface area contributed by atoms with Crippen LogP contribution in [0.5, 0.6) is 0 Å². The van der Waals surface area contributed by atoms with Gasteiger partial charge in [-0.05, 0) is 25.7 Å². The number of thioether (sulfide) groups is 1. The Morgan fingerprint density at radius 3 is 1.20 bits per heavy atom. The molecule has 19 heteroatoms. The number of amides is 4. The molecule has 482 valence electrons. The average Bonchev–Trinajstić information content (AvgIpc) is 3.51. The van der Waals surface area contributed by atoms with Gasteiger partial charge in [-0.1, -0.05) is 239 Å². The van der Waals surface area contributed by atoms with Gasteiger partial charge in [0.15, 0.2) is 5.66 Å². The molecular weight excluding hydrogens is 1080 g/mol. The zero-order valence-electron chi connectivity index (χ0n) is 52.0. The van der Waals surface area contributed by atoms with Crippen LogP contribution in [0, 0.1) is 0 Å². The third kappa shape index (κ3) is 49.5. The molecule has 4 amide bonds. The number of nitrogens with one attached hydrogen (secondary N) is 4. The van der Waals surface area contributed by atoms with Crippen LogP contribution in [0.1, 0.15) is 310 Å². The number of carbonyl (C=O) groups excluding carboxylic acids is 6. The summed E-state index contributed by atoms with van der Waals surface area (Å²) < 4.78 is 11.5. The number of carboxylic acid groups (broad SMARTS) is 3. The Morgan fingerprint density at radius 2 is 0.807 bits per heavy atom. The fraction of sp³-hybridized carbons (Fsp3) is 0.859. The summed E-state index contributed by atoms with van der Waals surface area (Å²) in [5.41, 5.74) is -2.35. The highest BCUT2D eigenvalue weighted by atomic mass is 32.2. The zero-order valence-corrected chi connectivity index (χ0v) is 52.9. The number of carbonyl (C=O) groups is 9. The molecule has 0 unspecified atom stereocenters. The molecule has 0 saturated heterocycles. The summed E-state index contributed by atoms with van der Waals surface area (Å²) in [4.78, 5) is 115. The van der Waals surface area contributed by atoms with Gasteiger partial charge in [0.25, 0.3) is 5.91 Å². The maximum absolute atomic E-state index is 14.1. The summed E-state index contributed by atoms with van der Waals surface area (Å²) in [7, 11) is 0. The van der Waals surface area contributed by atoms with E-state index in [0.717, 1.165) is 70.6 Å². The highest BCUT2D eigenvalue weighted by Gasteiger charge is 2.42. The number of unbranched alkanes of at least 4 members (excludes halogenated alkanes) is 34. The van der Waals surface area contributed by atoms with Crippen LogP contribution in [0.3, 0.4) is 0 Å². The predicted molar refractivity (Wildman–Crippen MR) is 330 cm³/mol. The van der Waals surface area contributed by atoms with Crippen molar-refractivity contribution in [1.82, 2.24) is 21.3 Å². The molecule has 0 saturated carbocycles. The molecule has 18 nitrogen and oxygen atoms in total. The molecule has 0 radical (unpaired) electrons. The van der Waals surface area contributed by atoms with E-state index >= 15 is 0 Å². The summed E-state index contributed by atoms with van der Waals surface area (Å²) in [5, 5.41) is 37.9. The summed E-state index contributed by atoms with van der Waals surface area (Å²) in [6.45, 7) is 5.63. The Balaban J connectivity index is 5.81.